The Bertz CT molecular complexity index is 1530. The van der Waals surface area contributed by atoms with Crippen molar-refractivity contribution in [2.24, 2.45) is 0 Å². The Hall–Kier alpha value is -3.24. The maximum atomic E-state index is 13.9. The van der Waals surface area contributed by atoms with Crippen LogP contribution in [-0.2, 0) is 29.7 Å². The molecule has 10 heteroatoms. The molecule has 2 aromatic heterocycles. The van der Waals surface area contributed by atoms with Crippen LogP contribution in [0, 0.1) is 12.7 Å². The van der Waals surface area contributed by atoms with E-state index in [-0.39, 0.29) is 18.1 Å². The van der Waals surface area contributed by atoms with E-state index in [1.807, 2.05) is 36.6 Å². The van der Waals surface area contributed by atoms with Crippen molar-refractivity contribution in [3.8, 4) is 22.5 Å². The van der Waals surface area contributed by atoms with Crippen LogP contribution in [-0.4, -0.2) is 39.9 Å². The van der Waals surface area contributed by atoms with E-state index in [9.17, 15) is 17.6 Å². The summed E-state index contributed by atoms with van der Waals surface area (Å²) >= 11 is 0. The fraction of sp³-hybridized carbons (Fsp3) is 0.333. The van der Waals surface area contributed by atoms with Gasteiger partial charge in [0.05, 0.1) is 35.0 Å². The van der Waals surface area contributed by atoms with E-state index in [4.69, 9.17) is 0 Å². The van der Waals surface area contributed by atoms with Crippen LogP contribution in [0.25, 0.3) is 33.5 Å². The van der Waals surface area contributed by atoms with Crippen molar-refractivity contribution in [1.82, 2.24) is 23.4 Å². The molecule has 180 valence electrons. The summed E-state index contributed by atoms with van der Waals surface area (Å²) in [7, 11) is -3.34. The molecule has 0 spiro atoms. The fourth-order valence-electron chi connectivity index (χ4n) is 4.29. The van der Waals surface area contributed by atoms with Gasteiger partial charge in [-0.1, -0.05) is 6.07 Å². The summed E-state index contributed by atoms with van der Waals surface area (Å²) in [5.74, 6) is -0.295. The number of hydrogen-bond acceptors (Lipinski definition) is 4. The Morgan fingerprint density at radius 1 is 1.00 bits per heavy atom. The molecule has 0 bridgehead atoms. The highest BCUT2D eigenvalue weighted by Crippen LogP contribution is 2.33. The second-order valence-corrected chi connectivity index (χ2v) is 10.1. The van der Waals surface area contributed by atoms with Crippen molar-refractivity contribution in [3.63, 3.8) is 0 Å². The maximum Gasteiger partial charge on any atom is 0.329 e. The van der Waals surface area contributed by atoms with Crippen molar-refractivity contribution < 1.29 is 12.8 Å². The van der Waals surface area contributed by atoms with Crippen molar-refractivity contribution in [2.75, 3.05) is 12.8 Å². The molecule has 0 unspecified atom stereocenters. The molecular formula is C24H28FN5O3S. The summed E-state index contributed by atoms with van der Waals surface area (Å²) in [6.45, 7) is 7.21. The number of hydrogen-bond donors (Lipinski definition) is 1. The zero-order chi connectivity index (χ0) is 24.6. The molecule has 4 rings (SSSR count). The lowest BCUT2D eigenvalue weighted by Crippen LogP contribution is -2.26. The summed E-state index contributed by atoms with van der Waals surface area (Å²) in [4.78, 5) is 17.4. The van der Waals surface area contributed by atoms with Crippen LogP contribution in [0.1, 0.15) is 19.4 Å². The maximum absolute atomic E-state index is 13.9. The van der Waals surface area contributed by atoms with Crippen LogP contribution in [0.2, 0.25) is 0 Å². The molecular weight excluding hydrogens is 457 g/mol. The van der Waals surface area contributed by atoms with Gasteiger partial charge in [0.1, 0.15) is 5.82 Å². The van der Waals surface area contributed by atoms with Crippen LogP contribution < -0.4 is 10.4 Å². The van der Waals surface area contributed by atoms with Gasteiger partial charge in [0.25, 0.3) is 0 Å². The SMILES string of the molecule is CCn1c(=O)n(CC)c2cc(-c3c(-c4ccc(F)c(C)c4)ncn3CCNS(C)(=O)=O)ccc21. The van der Waals surface area contributed by atoms with Crippen molar-refractivity contribution in [1.29, 1.82) is 0 Å². The summed E-state index contributed by atoms with van der Waals surface area (Å²) in [6, 6.07) is 10.7. The molecule has 34 heavy (non-hydrogen) atoms. The van der Waals surface area contributed by atoms with Gasteiger partial charge in [-0.05, 0) is 56.7 Å². The van der Waals surface area contributed by atoms with E-state index in [0.29, 0.717) is 30.9 Å². The van der Waals surface area contributed by atoms with Crippen LogP contribution >= 0.6 is 0 Å². The van der Waals surface area contributed by atoms with Crippen LogP contribution in [0.4, 0.5) is 4.39 Å². The van der Waals surface area contributed by atoms with Gasteiger partial charge in [0, 0.05) is 37.3 Å². The number of fused-ring (bicyclic) bond motifs is 1. The number of aromatic nitrogens is 4. The van der Waals surface area contributed by atoms with E-state index >= 15 is 0 Å². The van der Waals surface area contributed by atoms with Crippen molar-refractivity contribution >= 4 is 21.1 Å². The third-order valence-corrected chi connectivity index (χ3v) is 6.64. The lowest BCUT2D eigenvalue weighted by atomic mass is 10.0. The molecule has 1 N–H and O–H groups in total. The molecule has 0 aliphatic carbocycles. The number of sulfonamides is 1. The molecule has 2 aromatic carbocycles. The number of halogens is 1. The topological polar surface area (TPSA) is 90.9 Å². The Labute approximate surface area is 197 Å². The van der Waals surface area contributed by atoms with E-state index in [2.05, 4.69) is 9.71 Å². The van der Waals surface area contributed by atoms with E-state index < -0.39 is 10.0 Å². The van der Waals surface area contributed by atoms with Crippen molar-refractivity contribution in [2.45, 2.75) is 40.4 Å². The number of imidazole rings is 2. The minimum absolute atomic E-state index is 0.0580. The Balaban J connectivity index is 1.90. The van der Waals surface area contributed by atoms with Gasteiger partial charge < -0.3 is 4.57 Å². The molecule has 0 saturated heterocycles. The summed E-state index contributed by atoms with van der Waals surface area (Å²) in [5.41, 5.74) is 5.12. The van der Waals surface area contributed by atoms with E-state index in [1.165, 1.54) is 6.07 Å². The largest absolute Gasteiger partial charge is 0.329 e. The van der Waals surface area contributed by atoms with Gasteiger partial charge in [-0.2, -0.15) is 0 Å². The normalized spacial score (nSPS) is 12.0. The number of rotatable bonds is 8. The van der Waals surface area contributed by atoms with Gasteiger partial charge in [0.15, 0.2) is 0 Å². The molecule has 8 nitrogen and oxygen atoms in total. The van der Waals surface area contributed by atoms with Gasteiger partial charge >= 0.3 is 5.69 Å². The summed E-state index contributed by atoms with van der Waals surface area (Å²) < 4.78 is 44.9. The highest BCUT2D eigenvalue weighted by molar-refractivity contribution is 7.88. The number of nitrogens with one attached hydrogen (secondary N) is 1. The molecule has 0 saturated carbocycles. The third kappa shape index (κ3) is 4.43. The molecule has 0 amide bonds. The zero-order valence-corrected chi connectivity index (χ0v) is 20.5. The highest BCUT2D eigenvalue weighted by Gasteiger charge is 2.19. The van der Waals surface area contributed by atoms with Gasteiger partial charge in [-0.15, -0.1) is 0 Å². The van der Waals surface area contributed by atoms with Crippen LogP contribution in [0.5, 0.6) is 0 Å². The summed E-state index contributed by atoms with van der Waals surface area (Å²) in [6.07, 6.45) is 2.77. The molecule has 0 aliphatic rings. The van der Waals surface area contributed by atoms with Gasteiger partial charge in [0.2, 0.25) is 10.0 Å². The Morgan fingerprint density at radius 2 is 1.68 bits per heavy atom. The zero-order valence-electron chi connectivity index (χ0n) is 19.7. The Kier molecular flexibility index (Phi) is 6.46. The lowest BCUT2D eigenvalue weighted by Gasteiger charge is -2.12. The second-order valence-electron chi connectivity index (χ2n) is 8.24. The molecule has 0 fully saturated rings. The number of nitrogens with zero attached hydrogens (tertiary/aromatic N) is 4. The molecule has 0 radical (unpaired) electrons. The smallest absolute Gasteiger partial charge is 0.329 e. The highest BCUT2D eigenvalue weighted by atomic mass is 32.2. The first-order valence-electron chi connectivity index (χ1n) is 11.1. The number of benzene rings is 2. The minimum atomic E-state index is -3.34. The predicted molar refractivity (Wildman–Crippen MR) is 132 cm³/mol. The molecule has 4 aromatic rings. The monoisotopic (exact) mass is 485 g/mol. The first-order chi connectivity index (χ1) is 16.1. The molecule has 2 heterocycles. The molecule has 0 aliphatic heterocycles. The average Bonchev–Trinajstić information content (AvgIpc) is 3.32. The lowest BCUT2D eigenvalue weighted by molar-refractivity contribution is 0.579. The first kappa shape index (κ1) is 23.9. The van der Waals surface area contributed by atoms with Crippen molar-refractivity contribution in [3.05, 3.63) is 64.6 Å². The van der Waals surface area contributed by atoms with Crippen LogP contribution in [0.15, 0.2) is 47.5 Å². The molecule has 0 atom stereocenters. The second kappa shape index (κ2) is 9.19. The average molecular weight is 486 g/mol. The van der Waals surface area contributed by atoms with E-state index in [1.54, 1.807) is 34.5 Å². The van der Waals surface area contributed by atoms with E-state index in [0.717, 1.165) is 34.1 Å². The van der Waals surface area contributed by atoms with Crippen LogP contribution in [0.3, 0.4) is 0 Å². The minimum Gasteiger partial charge on any atom is -0.329 e. The standard InChI is InChI=1S/C24H28FN5O3S/c1-5-29-20-10-8-18(14-21(20)30(6-2)24(29)31)23-22(17-7-9-19(25)16(3)13-17)26-15-28(23)12-11-27-34(4,32)33/h7-10,13-15,27H,5-6,11-12H2,1-4H3. The third-order valence-electron chi connectivity index (χ3n) is 5.91. The fourth-order valence-corrected chi connectivity index (χ4v) is 4.75. The predicted octanol–water partition coefficient (Wildman–Crippen LogP) is 3.37. The summed E-state index contributed by atoms with van der Waals surface area (Å²) in [5, 5.41) is 0. The first-order valence-corrected chi connectivity index (χ1v) is 13.0. The quantitative estimate of drug-likeness (QED) is 0.414. The van der Waals surface area contributed by atoms with Gasteiger partial charge in [-0.25, -0.2) is 27.3 Å². The van der Waals surface area contributed by atoms with Gasteiger partial charge in [-0.3, -0.25) is 9.13 Å². The Morgan fingerprint density at radius 3 is 2.32 bits per heavy atom. The number of aryl methyl sites for hydroxylation is 3.